The van der Waals surface area contributed by atoms with Crippen LogP contribution in [0.4, 0.5) is 0 Å². The Morgan fingerprint density at radius 3 is 2.10 bits per heavy atom. The van der Waals surface area contributed by atoms with Crippen LogP contribution in [0, 0.1) is 11.8 Å². The van der Waals surface area contributed by atoms with Crippen molar-refractivity contribution in [1.82, 2.24) is 10.2 Å². The first-order chi connectivity index (χ1) is 14.5. The van der Waals surface area contributed by atoms with Gasteiger partial charge in [0, 0.05) is 24.6 Å². The zero-order valence-electron chi connectivity index (χ0n) is 18.1. The quantitative estimate of drug-likeness (QED) is 0.769. The summed E-state index contributed by atoms with van der Waals surface area (Å²) < 4.78 is 0. The van der Waals surface area contributed by atoms with E-state index in [2.05, 4.69) is 5.32 Å². The number of amides is 2. The Morgan fingerprint density at radius 1 is 0.900 bits per heavy atom. The van der Waals surface area contributed by atoms with E-state index in [1.54, 1.807) is 6.92 Å². The fourth-order valence-electron chi connectivity index (χ4n) is 5.17. The third-order valence-corrected chi connectivity index (χ3v) is 7.22. The summed E-state index contributed by atoms with van der Waals surface area (Å²) in [4.78, 5) is 39.2. The lowest BCUT2D eigenvalue weighted by Crippen LogP contribution is -2.45. The van der Waals surface area contributed by atoms with Crippen LogP contribution in [0.5, 0.6) is 0 Å². The Kier molecular flexibility index (Phi) is 6.55. The summed E-state index contributed by atoms with van der Waals surface area (Å²) in [5.41, 5.74) is 1.85. The molecule has 2 aliphatic carbocycles. The molecule has 1 atom stereocenters. The molecule has 1 aromatic carbocycles. The number of carbonyl (C=O) groups excluding carboxylic acids is 3. The molecule has 5 heteroatoms. The topological polar surface area (TPSA) is 66.5 Å². The minimum absolute atomic E-state index is 0.0550. The molecule has 1 saturated heterocycles. The van der Waals surface area contributed by atoms with Crippen molar-refractivity contribution < 1.29 is 14.4 Å². The monoisotopic (exact) mass is 410 g/mol. The Labute approximate surface area is 179 Å². The summed E-state index contributed by atoms with van der Waals surface area (Å²) in [6.45, 7) is 3.26. The summed E-state index contributed by atoms with van der Waals surface area (Å²) in [5, 5.41) is 3.00. The molecule has 1 heterocycles. The predicted octanol–water partition coefficient (Wildman–Crippen LogP) is 4.07. The lowest BCUT2D eigenvalue weighted by Gasteiger charge is -2.32. The maximum Gasteiger partial charge on any atom is 0.251 e. The highest BCUT2D eigenvalue weighted by molar-refractivity contribution is 5.97. The first-order valence-corrected chi connectivity index (χ1v) is 11.7. The molecule has 0 radical (unpaired) electrons. The minimum atomic E-state index is -0.370. The highest BCUT2D eigenvalue weighted by atomic mass is 16.2. The maximum absolute atomic E-state index is 12.8. The Bertz CT molecular complexity index is 770. The number of benzene rings is 1. The number of hydrogen-bond donors (Lipinski definition) is 1. The molecule has 4 rings (SSSR count). The average Bonchev–Trinajstić information content (AvgIpc) is 3.63. The molecular weight excluding hydrogens is 376 g/mol. The second-order valence-corrected chi connectivity index (χ2v) is 9.46. The van der Waals surface area contributed by atoms with E-state index in [4.69, 9.17) is 0 Å². The van der Waals surface area contributed by atoms with E-state index in [0.29, 0.717) is 23.3 Å². The van der Waals surface area contributed by atoms with Crippen molar-refractivity contribution in [3.63, 3.8) is 0 Å². The Morgan fingerprint density at radius 2 is 1.53 bits per heavy atom. The second kappa shape index (κ2) is 9.32. The van der Waals surface area contributed by atoms with Gasteiger partial charge in [-0.25, -0.2) is 0 Å². The number of nitrogens with zero attached hydrogens (tertiary/aromatic N) is 1. The van der Waals surface area contributed by atoms with Crippen molar-refractivity contribution in [1.29, 1.82) is 0 Å². The average molecular weight is 411 g/mol. The van der Waals surface area contributed by atoms with Gasteiger partial charge in [-0.3, -0.25) is 14.4 Å². The largest absolute Gasteiger partial charge is 0.342 e. The molecule has 0 spiro atoms. The molecule has 2 saturated carbocycles. The molecule has 0 bridgehead atoms. The van der Waals surface area contributed by atoms with E-state index in [0.717, 1.165) is 64.5 Å². The van der Waals surface area contributed by atoms with Crippen LogP contribution < -0.4 is 5.32 Å². The summed E-state index contributed by atoms with van der Waals surface area (Å²) >= 11 is 0. The number of likely N-dealkylation sites (tertiary alicyclic amines) is 1. The van der Waals surface area contributed by atoms with Gasteiger partial charge in [0.25, 0.3) is 5.91 Å². The molecule has 3 aliphatic rings. The molecule has 1 aliphatic heterocycles. The third kappa shape index (κ3) is 4.93. The van der Waals surface area contributed by atoms with Crippen LogP contribution in [-0.4, -0.2) is 41.6 Å². The van der Waals surface area contributed by atoms with Gasteiger partial charge in [0.15, 0.2) is 5.78 Å². The lowest BCUT2D eigenvalue weighted by molar-refractivity contribution is -0.133. The molecular formula is C25H34N2O3. The molecule has 0 aromatic heterocycles. The Balaban J connectivity index is 1.33. The summed E-state index contributed by atoms with van der Waals surface area (Å²) in [6, 6.07) is 7.48. The van der Waals surface area contributed by atoms with Crippen LogP contribution in [0.1, 0.15) is 86.6 Å². The van der Waals surface area contributed by atoms with E-state index in [-0.39, 0.29) is 23.7 Å². The number of hydrogen-bond acceptors (Lipinski definition) is 3. The van der Waals surface area contributed by atoms with Crippen molar-refractivity contribution in [2.45, 2.75) is 76.7 Å². The molecule has 2 amide bonds. The van der Waals surface area contributed by atoms with Gasteiger partial charge in [-0.1, -0.05) is 31.4 Å². The van der Waals surface area contributed by atoms with E-state index in [1.165, 1.54) is 12.0 Å². The maximum atomic E-state index is 12.8. The predicted molar refractivity (Wildman–Crippen MR) is 116 cm³/mol. The van der Waals surface area contributed by atoms with Crippen molar-refractivity contribution >= 4 is 17.6 Å². The van der Waals surface area contributed by atoms with Gasteiger partial charge in [0.05, 0.1) is 6.04 Å². The normalized spacial score (nSPS) is 21.8. The number of Topliss-reactive ketones (excluding diaryl/α,β-unsaturated/α-hetero) is 1. The van der Waals surface area contributed by atoms with E-state index < -0.39 is 0 Å². The number of ketones is 1. The number of piperidine rings is 1. The van der Waals surface area contributed by atoms with Crippen molar-refractivity contribution in [2.75, 3.05) is 13.1 Å². The zero-order valence-corrected chi connectivity index (χ0v) is 18.1. The fraction of sp³-hybridized carbons (Fsp3) is 0.640. The van der Waals surface area contributed by atoms with E-state index in [1.807, 2.05) is 29.2 Å². The van der Waals surface area contributed by atoms with Gasteiger partial charge >= 0.3 is 0 Å². The SMILES string of the molecule is CC(=O)C(NC(=O)c1ccc(C2CCN(C(=O)C3CC3)CC2)cc1)C1CCCCC1. The standard InChI is InChI=1S/C25H34N2O3/c1-17(28)23(20-5-3-2-4-6-20)26-24(29)21-9-7-18(8-10-21)19-13-15-27(16-14-19)25(30)22-11-12-22/h7-10,19-20,22-23H,2-6,11-16H2,1H3,(H,26,29). The van der Waals surface area contributed by atoms with Crippen LogP contribution in [0.3, 0.4) is 0 Å². The molecule has 1 unspecified atom stereocenters. The summed E-state index contributed by atoms with van der Waals surface area (Å²) in [7, 11) is 0. The van der Waals surface area contributed by atoms with Crippen LogP contribution in [-0.2, 0) is 9.59 Å². The van der Waals surface area contributed by atoms with Crippen LogP contribution in [0.2, 0.25) is 0 Å². The molecule has 162 valence electrons. The minimum Gasteiger partial charge on any atom is -0.342 e. The molecule has 1 N–H and O–H groups in total. The first-order valence-electron chi connectivity index (χ1n) is 11.7. The highest BCUT2D eigenvalue weighted by Crippen LogP contribution is 2.34. The molecule has 1 aromatic rings. The van der Waals surface area contributed by atoms with E-state index in [9.17, 15) is 14.4 Å². The number of rotatable bonds is 6. The van der Waals surface area contributed by atoms with E-state index >= 15 is 0 Å². The smallest absolute Gasteiger partial charge is 0.251 e. The van der Waals surface area contributed by atoms with Gasteiger partial charge in [0.2, 0.25) is 5.91 Å². The van der Waals surface area contributed by atoms with Crippen molar-refractivity contribution in [2.24, 2.45) is 11.8 Å². The van der Waals surface area contributed by atoms with Gasteiger partial charge in [0.1, 0.15) is 0 Å². The second-order valence-electron chi connectivity index (χ2n) is 9.46. The first kappa shape index (κ1) is 21.1. The van der Waals surface area contributed by atoms with Gasteiger partial charge < -0.3 is 10.2 Å². The van der Waals surface area contributed by atoms with Crippen molar-refractivity contribution in [3.05, 3.63) is 35.4 Å². The summed E-state index contributed by atoms with van der Waals surface area (Å²) in [6.07, 6.45) is 9.65. The number of nitrogens with one attached hydrogen (secondary N) is 1. The van der Waals surface area contributed by atoms with Crippen molar-refractivity contribution in [3.8, 4) is 0 Å². The zero-order chi connectivity index (χ0) is 21.1. The number of carbonyl (C=O) groups is 3. The summed E-state index contributed by atoms with van der Waals surface area (Å²) in [5.74, 6) is 1.25. The third-order valence-electron chi connectivity index (χ3n) is 7.22. The fourth-order valence-corrected chi connectivity index (χ4v) is 5.17. The Hall–Kier alpha value is -2.17. The van der Waals surface area contributed by atoms with Crippen LogP contribution in [0.25, 0.3) is 0 Å². The van der Waals surface area contributed by atoms with Crippen LogP contribution in [0.15, 0.2) is 24.3 Å². The van der Waals surface area contributed by atoms with Gasteiger partial charge in [-0.2, -0.15) is 0 Å². The molecule has 5 nitrogen and oxygen atoms in total. The molecule has 30 heavy (non-hydrogen) atoms. The molecule has 3 fully saturated rings. The van der Waals surface area contributed by atoms with Gasteiger partial charge in [-0.05, 0) is 75.0 Å². The van der Waals surface area contributed by atoms with Crippen LogP contribution >= 0.6 is 0 Å². The van der Waals surface area contributed by atoms with Gasteiger partial charge in [-0.15, -0.1) is 0 Å². The highest BCUT2D eigenvalue weighted by Gasteiger charge is 2.35. The lowest BCUT2D eigenvalue weighted by atomic mass is 9.82.